The molecule has 0 saturated carbocycles. The van der Waals surface area contributed by atoms with Crippen LogP contribution in [-0.4, -0.2) is 36.8 Å². The van der Waals surface area contributed by atoms with Gasteiger partial charge in [-0.3, -0.25) is 0 Å². The predicted molar refractivity (Wildman–Crippen MR) is 70.3 cm³/mol. The van der Waals surface area contributed by atoms with Gasteiger partial charge in [0.15, 0.2) is 10.8 Å². The Hall–Kier alpha value is -1.14. The van der Waals surface area contributed by atoms with Crippen LogP contribution in [0.5, 0.6) is 0 Å². The van der Waals surface area contributed by atoms with Crippen molar-refractivity contribution < 1.29 is 14.3 Å². The number of nitrogens with one attached hydrogen (secondary N) is 1. The molecule has 1 saturated heterocycles. The Bertz CT molecular complexity index is 413. The van der Waals surface area contributed by atoms with Crippen molar-refractivity contribution in [2.24, 2.45) is 0 Å². The lowest BCUT2D eigenvalue weighted by Crippen LogP contribution is -2.18. The molecule has 1 aliphatic heterocycles. The average Bonchev–Trinajstić information content (AvgIpc) is 2.96. The van der Waals surface area contributed by atoms with E-state index in [0.717, 1.165) is 36.0 Å². The summed E-state index contributed by atoms with van der Waals surface area (Å²) in [5, 5.41) is 3.98. The monoisotopic (exact) mass is 270 g/mol. The largest absolute Gasteiger partial charge is 0.461 e. The van der Waals surface area contributed by atoms with Gasteiger partial charge in [0.25, 0.3) is 0 Å². The van der Waals surface area contributed by atoms with Crippen LogP contribution >= 0.6 is 11.3 Å². The molecular weight excluding hydrogens is 252 g/mol. The first-order valence-electron chi connectivity index (χ1n) is 6.20. The zero-order chi connectivity index (χ0) is 13.0. The molecule has 0 spiro atoms. The SMILES string of the molecule is CCOC(=O)c1nc(NCC2CCCO2)sc1C. The van der Waals surface area contributed by atoms with Gasteiger partial charge in [0.1, 0.15) is 0 Å². The number of ether oxygens (including phenoxy) is 2. The lowest BCUT2D eigenvalue weighted by Gasteiger charge is -2.08. The Morgan fingerprint density at radius 1 is 1.67 bits per heavy atom. The standard InChI is InChI=1S/C12H18N2O3S/c1-3-16-11(15)10-8(2)18-12(14-10)13-7-9-5-4-6-17-9/h9H,3-7H2,1-2H3,(H,13,14). The van der Waals surface area contributed by atoms with E-state index in [4.69, 9.17) is 9.47 Å². The fourth-order valence-corrected chi connectivity index (χ4v) is 2.68. The highest BCUT2D eigenvalue weighted by Gasteiger charge is 2.18. The number of aryl methyl sites for hydroxylation is 1. The molecule has 1 fully saturated rings. The number of thiazole rings is 1. The van der Waals surface area contributed by atoms with Gasteiger partial charge in [0, 0.05) is 18.0 Å². The van der Waals surface area contributed by atoms with Gasteiger partial charge in [0.05, 0.1) is 12.7 Å². The summed E-state index contributed by atoms with van der Waals surface area (Å²) < 4.78 is 10.5. The molecule has 1 aromatic heterocycles. The van der Waals surface area contributed by atoms with Crippen LogP contribution in [0.15, 0.2) is 0 Å². The topological polar surface area (TPSA) is 60.5 Å². The number of hydrogen-bond donors (Lipinski definition) is 1. The van der Waals surface area contributed by atoms with Crippen molar-refractivity contribution in [3.05, 3.63) is 10.6 Å². The fraction of sp³-hybridized carbons (Fsp3) is 0.667. The molecule has 1 aliphatic rings. The van der Waals surface area contributed by atoms with Crippen molar-refractivity contribution in [2.45, 2.75) is 32.8 Å². The molecule has 2 heterocycles. The van der Waals surface area contributed by atoms with E-state index in [1.807, 2.05) is 6.92 Å². The van der Waals surface area contributed by atoms with Gasteiger partial charge in [-0.15, -0.1) is 11.3 Å². The molecule has 18 heavy (non-hydrogen) atoms. The molecule has 1 atom stereocenters. The van der Waals surface area contributed by atoms with E-state index in [0.29, 0.717) is 12.3 Å². The van der Waals surface area contributed by atoms with Crippen LogP contribution in [0, 0.1) is 6.92 Å². The first-order valence-corrected chi connectivity index (χ1v) is 7.02. The number of nitrogens with zero attached hydrogens (tertiary/aromatic N) is 1. The van der Waals surface area contributed by atoms with Crippen LogP contribution < -0.4 is 5.32 Å². The highest BCUT2D eigenvalue weighted by Crippen LogP contribution is 2.23. The number of rotatable bonds is 5. The smallest absolute Gasteiger partial charge is 0.358 e. The number of carbonyl (C=O) groups excluding carboxylic acids is 1. The maximum atomic E-state index is 11.6. The Kier molecular flexibility index (Phi) is 4.54. The molecular formula is C12H18N2O3S. The van der Waals surface area contributed by atoms with E-state index < -0.39 is 0 Å². The second-order valence-electron chi connectivity index (χ2n) is 4.16. The van der Waals surface area contributed by atoms with Crippen LogP contribution in [0.2, 0.25) is 0 Å². The minimum Gasteiger partial charge on any atom is -0.461 e. The Labute approximate surface area is 111 Å². The van der Waals surface area contributed by atoms with Crippen LogP contribution in [0.1, 0.15) is 35.1 Å². The van der Waals surface area contributed by atoms with Gasteiger partial charge in [-0.25, -0.2) is 9.78 Å². The van der Waals surface area contributed by atoms with E-state index in [1.54, 1.807) is 6.92 Å². The van der Waals surface area contributed by atoms with Crippen LogP contribution in [-0.2, 0) is 9.47 Å². The van der Waals surface area contributed by atoms with E-state index in [-0.39, 0.29) is 12.1 Å². The molecule has 2 rings (SSSR count). The summed E-state index contributed by atoms with van der Waals surface area (Å²) in [5.74, 6) is -0.351. The number of anilines is 1. The van der Waals surface area contributed by atoms with E-state index in [9.17, 15) is 4.79 Å². The molecule has 1 aromatic rings. The van der Waals surface area contributed by atoms with Crippen molar-refractivity contribution in [3.63, 3.8) is 0 Å². The first-order chi connectivity index (χ1) is 8.70. The second kappa shape index (κ2) is 6.15. The molecule has 0 radical (unpaired) electrons. The predicted octanol–water partition coefficient (Wildman–Crippen LogP) is 2.22. The van der Waals surface area contributed by atoms with E-state index in [2.05, 4.69) is 10.3 Å². The summed E-state index contributed by atoms with van der Waals surface area (Å²) in [4.78, 5) is 16.8. The number of carbonyl (C=O) groups is 1. The van der Waals surface area contributed by atoms with Gasteiger partial charge < -0.3 is 14.8 Å². The molecule has 1 N–H and O–H groups in total. The molecule has 0 aliphatic carbocycles. The zero-order valence-corrected chi connectivity index (χ0v) is 11.5. The Morgan fingerprint density at radius 3 is 3.17 bits per heavy atom. The summed E-state index contributed by atoms with van der Waals surface area (Å²) in [6, 6.07) is 0. The van der Waals surface area contributed by atoms with Crippen LogP contribution in [0.25, 0.3) is 0 Å². The Balaban J connectivity index is 1.93. The highest BCUT2D eigenvalue weighted by molar-refractivity contribution is 7.15. The van der Waals surface area contributed by atoms with Crippen LogP contribution in [0.4, 0.5) is 5.13 Å². The van der Waals surface area contributed by atoms with E-state index in [1.165, 1.54) is 11.3 Å². The normalized spacial score (nSPS) is 18.9. The molecule has 5 nitrogen and oxygen atoms in total. The second-order valence-corrected chi connectivity index (χ2v) is 5.36. The molecule has 100 valence electrons. The van der Waals surface area contributed by atoms with Crippen molar-refractivity contribution in [3.8, 4) is 0 Å². The third-order valence-corrected chi connectivity index (χ3v) is 3.70. The fourth-order valence-electron chi connectivity index (χ4n) is 1.87. The lowest BCUT2D eigenvalue weighted by molar-refractivity contribution is 0.0519. The quantitative estimate of drug-likeness (QED) is 0.831. The van der Waals surface area contributed by atoms with Crippen LogP contribution in [0.3, 0.4) is 0 Å². The number of hydrogen-bond acceptors (Lipinski definition) is 6. The summed E-state index contributed by atoms with van der Waals surface area (Å²) in [7, 11) is 0. The van der Waals surface area contributed by atoms with Crippen molar-refractivity contribution >= 4 is 22.4 Å². The summed E-state index contributed by atoms with van der Waals surface area (Å²) >= 11 is 1.47. The van der Waals surface area contributed by atoms with Crippen molar-refractivity contribution in [2.75, 3.05) is 25.1 Å². The van der Waals surface area contributed by atoms with E-state index >= 15 is 0 Å². The van der Waals surface area contributed by atoms with Gasteiger partial charge in [0.2, 0.25) is 0 Å². The maximum absolute atomic E-state index is 11.6. The highest BCUT2D eigenvalue weighted by atomic mass is 32.1. The average molecular weight is 270 g/mol. The third kappa shape index (κ3) is 3.20. The summed E-state index contributed by atoms with van der Waals surface area (Å²) in [6.45, 7) is 5.62. The molecule has 1 unspecified atom stereocenters. The first kappa shape index (κ1) is 13.3. The molecule has 0 bridgehead atoms. The Morgan fingerprint density at radius 2 is 2.50 bits per heavy atom. The van der Waals surface area contributed by atoms with Gasteiger partial charge >= 0.3 is 5.97 Å². The van der Waals surface area contributed by atoms with Gasteiger partial charge in [-0.2, -0.15) is 0 Å². The number of aromatic nitrogens is 1. The third-order valence-electron chi connectivity index (χ3n) is 2.77. The summed E-state index contributed by atoms with van der Waals surface area (Å²) in [6.07, 6.45) is 2.47. The lowest BCUT2D eigenvalue weighted by atomic mass is 10.2. The molecule has 0 amide bonds. The van der Waals surface area contributed by atoms with Crippen molar-refractivity contribution in [1.82, 2.24) is 4.98 Å². The minimum atomic E-state index is -0.351. The number of esters is 1. The summed E-state index contributed by atoms with van der Waals surface area (Å²) in [5.41, 5.74) is 0.414. The van der Waals surface area contributed by atoms with Crippen molar-refractivity contribution in [1.29, 1.82) is 0 Å². The van der Waals surface area contributed by atoms with Gasteiger partial charge in [-0.05, 0) is 26.7 Å². The van der Waals surface area contributed by atoms with Gasteiger partial charge in [-0.1, -0.05) is 0 Å². The molecule has 6 heteroatoms. The minimum absolute atomic E-state index is 0.264. The molecule has 0 aromatic carbocycles. The zero-order valence-electron chi connectivity index (χ0n) is 10.7. The maximum Gasteiger partial charge on any atom is 0.358 e.